The first kappa shape index (κ1) is 17.4. The lowest BCUT2D eigenvalue weighted by Gasteiger charge is -2.21. The number of benzene rings is 1. The molecule has 0 atom stereocenters. The fraction of sp³-hybridized carbons (Fsp3) is 0.611. The van der Waals surface area contributed by atoms with Gasteiger partial charge in [-0.2, -0.15) is 0 Å². The molecular formula is C18H28N2O3. The summed E-state index contributed by atoms with van der Waals surface area (Å²) in [7, 11) is 3.24. The number of nitrogens with one attached hydrogen (secondary N) is 2. The average molecular weight is 320 g/mol. The van der Waals surface area contributed by atoms with Gasteiger partial charge in [0.25, 0.3) is 0 Å². The van der Waals surface area contributed by atoms with Gasteiger partial charge < -0.3 is 20.1 Å². The molecule has 0 aliphatic heterocycles. The molecule has 1 aromatic carbocycles. The van der Waals surface area contributed by atoms with Gasteiger partial charge in [-0.15, -0.1) is 0 Å². The number of urea groups is 1. The third-order valence-corrected chi connectivity index (χ3v) is 4.42. The first-order valence-electron chi connectivity index (χ1n) is 8.45. The van der Waals surface area contributed by atoms with Gasteiger partial charge in [-0.05, 0) is 42.9 Å². The minimum atomic E-state index is -0.0731. The summed E-state index contributed by atoms with van der Waals surface area (Å²) in [6.45, 7) is 1.40. The molecule has 5 heteroatoms. The Morgan fingerprint density at radius 1 is 1.09 bits per heavy atom. The molecule has 128 valence electrons. The summed E-state index contributed by atoms with van der Waals surface area (Å²) in [5, 5.41) is 5.90. The number of carbonyl (C=O) groups excluding carboxylic acids is 1. The van der Waals surface area contributed by atoms with Crippen molar-refractivity contribution < 1.29 is 14.3 Å². The molecule has 0 radical (unpaired) electrons. The quantitative estimate of drug-likeness (QED) is 0.811. The van der Waals surface area contributed by atoms with Gasteiger partial charge in [-0.1, -0.05) is 25.3 Å². The van der Waals surface area contributed by atoms with E-state index in [-0.39, 0.29) is 6.03 Å². The molecule has 1 saturated carbocycles. The fourth-order valence-corrected chi connectivity index (χ4v) is 3.05. The largest absolute Gasteiger partial charge is 0.493 e. The van der Waals surface area contributed by atoms with Crippen LogP contribution in [0.15, 0.2) is 18.2 Å². The second-order valence-electron chi connectivity index (χ2n) is 6.08. The second kappa shape index (κ2) is 9.28. The first-order valence-corrected chi connectivity index (χ1v) is 8.45. The van der Waals surface area contributed by atoms with Gasteiger partial charge in [0.15, 0.2) is 11.5 Å². The SMILES string of the molecule is COc1ccc(CCNC(=O)NCC2CCCCC2)cc1OC. The Morgan fingerprint density at radius 2 is 1.83 bits per heavy atom. The van der Waals surface area contributed by atoms with Crippen LogP contribution in [0.4, 0.5) is 4.79 Å². The molecule has 1 aliphatic rings. The zero-order valence-corrected chi connectivity index (χ0v) is 14.2. The molecule has 2 amide bonds. The predicted octanol–water partition coefficient (Wildman–Crippen LogP) is 3.13. The summed E-state index contributed by atoms with van der Waals surface area (Å²) >= 11 is 0. The zero-order chi connectivity index (χ0) is 16.5. The van der Waals surface area contributed by atoms with Gasteiger partial charge in [0, 0.05) is 13.1 Å². The summed E-state index contributed by atoms with van der Waals surface area (Å²) in [5.74, 6) is 2.08. The van der Waals surface area contributed by atoms with Gasteiger partial charge in [-0.25, -0.2) is 4.79 Å². The number of hydrogen-bond donors (Lipinski definition) is 2. The summed E-state index contributed by atoms with van der Waals surface area (Å²) in [6, 6.07) is 5.75. The molecule has 0 aromatic heterocycles. The summed E-state index contributed by atoms with van der Waals surface area (Å²) < 4.78 is 10.5. The average Bonchev–Trinajstić information content (AvgIpc) is 2.60. The minimum absolute atomic E-state index is 0.0731. The van der Waals surface area contributed by atoms with E-state index in [0.717, 1.165) is 24.3 Å². The number of methoxy groups -OCH3 is 2. The van der Waals surface area contributed by atoms with Crippen molar-refractivity contribution in [2.45, 2.75) is 38.5 Å². The van der Waals surface area contributed by atoms with E-state index in [1.165, 1.54) is 32.1 Å². The standard InChI is InChI=1S/C18H28N2O3/c1-22-16-9-8-14(12-17(16)23-2)10-11-19-18(21)20-13-15-6-4-3-5-7-15/h8-9,12,15H,3-7,10-11,13H2,1-2H3,(H2,19,20,21). The highest BCUT2D eigenvalue weighted by Gasteiger charge is 2.14. The number of hydrogen-bond acceptors (Lipinski definition) is 3. The molecule has 0 heterocycles. The normalized spacial score (nSPS) is 15.0. The summed E-state index contributed by atoms with van der Waals surface area (Å²) in [4.78, 5) is 11.8. The highest BCUT2D eigenvalue weighted by molar-refractivity contribution is 5.73. The van der Waals surface area contributed by atoms with E-state index in [2.05, 4.69) is 10.6 Å². The van der Waals surface area contributed by atoms with Crippen LogP contribution in [0, 0.1) is 5.92 Å². The van der Waals surface area contributed by atoms with E-state index in [9.17, 15) is 4.79 Å². The lowest BCUT2D eigenvalue weighted by atomic mass is 9.89. The zero-order valence-electron chi connectivity index (χ0n) is 14.2. The van der Waals surface area contributed by atoms with Gasteiger partial charge in [0.1, 0.15) is 0 Å². The van der Waals surface area contributed by atoms with Crippen molar-refractivity contribution in [2.75, 3.05) is 27.3 Å². The molecule has 1 aliphatic carbocycles. The number of carbonyl (C=O) groups is 1. The molecule has 2 rings (SSSR count). The Bertz CT molecular complexity index is 499. The van der Waals surface area contributed by atoms with Crippen LogP contribution in [-0.4, -0.2) is 33.3 Å². The van der Waals surface area contributed by atoms with Crippen molar-refractivity contribution in [1.29, 1.82) is 0 Å². The Kier molecular flexibility index (Phi) is 7.04. The van der Waals surface area contributed by atoms with Crippen LogP contribution in [0.25, 0.3) is 0 Å². The fourth-order valence-electron chi connectivity index (χ4n) is 3.05. The smallest absolute Gasteiger partial charge is 0.314 e. The highest BCUT2D eigenvalue weighted by atomic mass is 16.5. The van der Waals surface area contributed by atoms with Crippen molar-refractivity contribution in [3.8, 4) is 11.5 Å². The Labute approximate surface area is 138 Å². The van der Waals surface area contributed by atoms with Gasteiger partial charge >= 0.3 is 6.03 Å². The number of ether oxygens (including phenoxy) is 2. The maximum atomic E-state index is 11.8. The molecule has 0 bridgehead atoms. The number of rotatable bonds is 7. The first-order chi connectivity index (χ1) is 11.2. The molecular weight excluding hydrogens is 292 g/mol. The van der Waals surface area contributed by atoms with E-state index in [1.54, 1.807) is 14.2 Å². The third kappa shape index (κ3) is 5.66. The van der Waals surface area contributed by atoms with Crippen LogP contribution in [-0.2, 0) is 6.42 Å². The highest BCUT2D eigenvalue weighted by Crippen LogP contribution is 2.27. The second-order valence-corrected chi connectivity index (χ2v) is 6.08. The molecule has 0 saturated heterocycles. The lowest BCUT2D eigenvalue weighted by molar-refractivity contribution is 0.236. The summed E-state index contributed by atoms with van der Waals surface area (Å²) in [6.07, 6.45) is 7.18. The third-order valence-electron chi connectivity index (χ3n) is 4.42. The van der Waals surface area contributed by atoms with E-state index in [0.29, 0.717) is 18.2 Å². The molecule has 1 aromatic rings. The summed E-state index contributed by atoms with van der Waals surface area (Å²) in [5.41, 5.74) is 1.11. The van der Waals surface area contributed by atoms with E-state index in [1.807, 2.05) is 18.2 Å². The van der Waals surface area contributed by atoms with Crippen molar-refractivity contribution in [2.24, 2.45) is 5.92 Å². The predicted molar refractivity (Wildman–Crippen MR) is 91.2 cm³/mol. The Morgan fingerprint density at radius 3 is 2.52 bits per heavy atom. The van der Waals surface area contributed by atoms with Crippen LogP contribution >= 0.6 is 0 Å². The minimum Gasteiger partial charge on any atom is -0.493 e. The van der Waals surface area contributed by atoms with Gasteiger partial charge in [0.2, 0.25) is 0 Å². The lowest BCUT2D eigenvalue weighted by Crippen LogP contribution is -2.39. The molecule has 0 spiro atoms. The van der Waals surface area contributed by atoms with E-state index >= 15 is 0 Å². The molecule has 1 fully saturated rings. The monoisotopic (exact) mass is 320 g/mol. The van der Waals surface area contributed by atoms with Gasteiger partial charge in [-0.3, -0.25) is 0 Å². The van der Waals surface area contributed by atoms with Crippen molar-refractivity contribution in [1.82, 2.24) is 10.6 Å². The van der Waals surface area contributed by atoms with Crippen molar-refractivity contribution >= 4 is 6.03 Å². The van der Waals surface area contributed by atoms with Gasteiger partial charge in [0.05, 0.1) is 14.2 Å². The topological polar surface area (TPSA) is 59.6 Å². The molecule has 2 N–H and O–H groups in total. The van der Waals surface area contributed by atoms with Crippen LogP contribution < -0.4 is 20.1 Å². The maximum Gasteiger partial charge on any atom is 0.314 e. The van der Waals surface area contributed by atoms with Crippen LogP contribution in [0.3, 0.4) is 0 Å². The van der Waals surface area contributed by atoms with Crippen molar-refractivity contribution in [3.05, 3.63) is 23.8 Å². The van der Waals surface area contributed by atoms with Crippen molar-refractivity contribution in [3.63, 3.8) is 0 Å². The van der Waals surface area contributed by atoms with Crippen LogP contribution in [0.2, 0.25) is 0 Å². The Balaban J connectivity index is 1.68. The maximum absolute atomic E-state index is 11.8. The Hall–Kier alpha value is -1.91. The van der Waals surface area contributed by atoms with Crippen LogP contribution in [0.1, 0.15) is 37.7 Å². The molecule has 5 nitrogen and oxygen atoms in total. The number of amides is 2. The molecule has 23 heavy (non-hydrogen) atoms. The van der Waals surface area contributed by atoms with Crippen LogP contribution in [0.5, 0.6) is 11.5 Å². The molecule has 0 unspecified atom stereocenters. The van der Waals surface area contributed by atoms with E-state index < -0.39 is 0 Å². The van der Waals surface area contributed by atoms with E-state index in [4.69, 9.17) is 9.47 Å².